The van der Waals surface area contributed by atoms with Gasteiger partial charge in [-0.15, -0.1) is 0 Å². The molecule has 1 heterocycles. The Labute approximate surface area is 199 Å². The third-order valence-electron chi connectivity index (χ3n) is 7.40. The van der Waals surface area contributed by atoms with Crippen molar-refractivity contribution in [3.63, 3.8) is 0 Å². The summed E-state index contributed by atoms with van der Waals surface area (Å²) in [6, 6.07) is 0.465. The molecule has 0 aromatic rings. The van der Waals surface area contributed by atoms with E-state index in [0.29, 0.717) is 37.8 Å². The zero-order valence-corrected chi connectivity index (χ0v) is 21.8. The maximum absolute atomic E-state index is 13.3. The predicted molar refractivity (Wildman–Crippen MR) is 128 cm³/mol. The van der Waals surface area contributed by atoms with E-state index in [4.69, 9.17) is 15.3 Å². The Hall–Kier alpha value is -0.670. The highest BCUT2D eigenvalue weighted by Gasteiger charge is 2.36. The number of allylic oxidation sites excluding steroid dienone is 1. The fourth-order valence-electron chi connectivity index (χ4n) is 5.53. The summed E-state index contributed by atoms with van der Waals surface area (Å²) >= 11 is 0. The van der Waals surface area contributed by atoms with Crippen LogP contribution < -0.4 is 5.84 Å². The molecule has 5 nitrogen and oxygen atoms in total. The van der Waals surface area contributed by atoms with Gasteiger partial charge in [0.1, 0.15) is 0 Å². The van der Waals surface area contributed by atoms with Crippen LogP contribution in [-0.2, 0) is 9.47 Å². The predicted octanol–water partition coefficient (Wildman–Crippen LogP) is 5.33. The SMILES string of the molecule is CCCC(CC(C)C(COC)C(C)C(/C=C(\C)C(F)(F)F)CN(C)N)C(CC)N1CCOC1. The fourth-order valence-corrected chi connectivity index (χ4v) is 5.53. The molecular formula is C25H48F3N3O2. The minimum Gasteiger partial charge on any atom is -0.384 e. The van der Waals surface area contributed by atoms with Gasteiger partial charge in [0.05, 0.1) is 13.3 Å². The molecule has 0 saturated carbocycles. The number of ether oxygens (including phenoxy) is 2. The zero-order chi connectivity index (χ0) is 25.2. The zero-order valence-electron chi connectivity index (χ0n) is 21.8. The molecule has 0 amide bonds. The van der Waals surface area contributed by atoms with Crippen molar-refractivity contribution in [3.8, 4) is 0 Å². The van der Waals surface area contributed by atoms with Crippen LogP contribution in [0.15, 0.2) is 11.6 Å². The van der Waals surface area contributed by atoms with Crippen LogP contribution in [0.2, 0.25) is 0 Å². The molecule has 1 saturated heterocycles. The Balaban J connectivity index is 3.11. The van der Waals surface area contributed by atoms with Crippen molar-refractivity contribution in [2.24, 2.45) is 35.4 Å². The summed E-state index contributed by atoms with van der Waals surface area (Å²) in [7, 11) is 3.37. The molecular weight excluding hydrogens is 431 g/mol. The molecule has 33 heavy (non-hydrogen) atoms. The van der Waals surface area contributed by atoms with Gasteiger partial charge in [-0.1, -0.05) is 40.2 Å². The van der Waals surface area contributed by atoms with E-state index in [0.717, 1.165) is 45.8 Å². The number of halogens is 3. The van der Waals surface area contributed by atoms with Gasteiger partial charge in [-0.2, -0.15) is 13.2 Å². The number of hydrogen-bond donors (Lipinski definition) is 1. The first-order valence-electron chi connectivity index (χ1n) is 12.5. The Morgan fingerprint density at radius 2 is 1.94 bits per heavy atom. The standard InChI is InChI=1S/C25H48F3N3O2/c1-8-10-21(24(9-2)31-11-12-33-17-31)13-18(3)23(16-32-7)20(5)22(15-30(6)29)14-19(4)25(26,27)28/h14,18,20-24H,8-13,15-17,29H2,1-7H3/b19-14+. The lowest BCUT2D eigenvalue weighted by atomic mass is 9.72. The number of methoxy groups -OCH3 is 1. The van der Waals surface area contributed by atoms with Crippen LogP contribution >= 0.6 is 0 Å². The molecule has 6 atom stereocenters. The summed E-state index contributed by atoms with van der Waals surface area (Å²) in [6.07, 6.45) is 1.37. The average Bonchev–Trinajstić information content (AvgIpc) is 3.25. The van der Waals surface area contributed by atoms with Crippen molar-refractivity contribution in [2.45, 2.75) is 72.5 Å². The maximum Gasteiger partial charge on any atom is 0.412 e. The highest BCUT2D eigenvalue weighted by Crippen LogP contribution is 2.37. The number of rotatable bonds is 15. The summed E-state index contributed by atoms with van der Waals surface area (Å²) in [5, 5.41) is 1.48. The van der Waals surface area contributed by atoms with Crippen LogP contribution in [0.5, 0.6) is 0 Å². The second-order valence-electron chi connectivity index (χ2n) is 10.0. The van der Waals surface area contributed by atoms with Gasteiger partial charge in [0.15, 0.2) is 0 Å². The summed E-state index contributed by atoms with van der Waals surface area (Å²) in [5.41, 5.74) is -0.561. The molecule has 0 aromatic heterocycles. The number of alkyl halides is 3. The summed E-state index contributed by atoms with van der Waals surface area (Å²) in [5.74, 6) is 6.51. The molecule has 8 heteroatoms. The lowest BCUT2D eigenvalue weighted by Crippen LogP contribution is -2.41. The molecule has 0 radical (unpaired) electrons. The molecule has 0 aromatic carbocycles. The van der Waals surface area contributed by atoms with Crippen molar-refractivity contribution < 1.29 is 22.6 Å². The van der Waals surface area contributed by atoms with E-state index in [9.17, 15) is 13.2 Å². The number of hydrogen-bond acceptors (Lipinski definition) is 5. The highest BCUT2D eigenvalue weighted by atomic mass is 19.4. The van der Waals surface area contributed by atoms with E-state index in [1.54, 1.807) is 14.2 Å². The van der Waals surface area contributed by atoms with E-state index >= 15 is 0 Å². The molecule has 196 valence electrons. The number of nitrogens with zero attached hydrogens (tertiary/aromatic N) is 2. The largest absolute Gasteiger partial charge is 0.412 e. The van der Waals surface area contributed by atoms with Gasteiger partial charge in [0.25, 0.3) is 0 Å². The fraction of sp³-hybridized carbons (Fsp3) is 0.920. The minimum atomic E-state index is -4.33. The average molecular weight is 480 g/mol. The first-order chi connectivity index (χ1) is 15.5. The van der Waals surface area contributed by atoms with Crippen LogP contribution in [0, 0.1) is 29.6 Å². The van der Waals surface area contributed by atoms with E-state index < -0.39 is 11.7 Å². The van der Waals surface area contributed by atoms with Crippen LogP contribution in [-0.4, -0.2) is 69.3 Å². The molecule has 0 spiro atoms. The van der Waals surface area contributed by atoms with Crippen molar-refractivity contribution in [1.29, 1.82) is 0 Å². The Kier molecular flexibility index (Phi) is 13.5. The van der Waals surface area contributed by atoms with Gasteiger partial charge in [-0.3, -0.25) is 10.7 Å². The molecule has 1 fully saturated rings. The number of nitrogens with two attached hydrogens (primary N) is 1. The van der Waals surface area contributed by atoms with Crippen molar-refractivity contribution in [1.82, 2.24) is 9.91 Å². The molecule has 0 aliphatic carbocycles. The van der Waals surface area contributed by atoms with Crippen LogP contribution in [0.3, 0.4) is 0 Å². The highest BCUT2D eigenvalue weighted by molar-refractivity contribution is 5.09. The lowest BCUT2D eigenvalue weighted by molar-refractivity contribution is -0.0921. The van der Waals surface area contributed by atoms with Gasteiger partial charge in [-0.25, -0.2) is 5.01 Å². The van der Waals surface area contributed by atoms with Crippen molar-refractivity contribution in [2.75, 3.05) is 47.2 Å². The first kappa shape index (κ1) is 30.4. The molecule has 1 rings (SSSR count). The van der Waals surface area contributed by atoms with Crippen molar-refractivity contribution in [3.05, 3.63) is 11.6 Å². The monoisotopic (exact) mass is 479 g/mol. The topological polar surface area (TPSA) is 51.0 Å². The Bertz CT molecular complexity index is 566. The van der Waals surface area contributed by atoms with Gasteiger partial charge in [0.2, 0.25) is 0 Å². The molecule has 1 aliphatic heterocycles. The Morgan fingerprint density at radius 1 is 1.27 bits per heavy atom. The second kappa shape index (κ2) is 14.7. The molecule has 0 bridgehead atoms. The summed E-state index contributed by atoms with van der Waals surface area (Å²) < 4.78 is 51.1. The normalized spacial score (nSPS) is 21.8. The quantitative estimate of drug-likeness (QED) is 0.196. The van der Waals surface area contributed by atoms with Crippen LogP contribution in [0.25, 0.3) is 0 Å². The Morgan fingerprint density at radius 3 is 2.39 bits per heavy atom. The van der Waals surface area contributed by atoms with Crippen LogP contribution in [0.4, 0.5) is 13.2 Å². The summed E-state index contributed by atoms with van der Waals surface area (Å²) in [4.78, 5) is 2.45. The van der Waals surface area contributed by atoms with E-state index in [-0.39, 0.29) is 17.8 Å². The van der Waals surface area contributed by atoms with Gasteiger partial charge >= 0.3 is 6.18 Å². The minimum absolute atomic E-state index is 0.0132. The third kappa shape index (κ3) is 9.84. The van der Waals surface area contributed by atoms with Crippen LogP contribution in [0.1, 0.15) is 60.3 Å². The van der Waals surface area contributed by atoms with Gasteiger partial charge in [0, 0.05) is 45.5 Å². The number of hydrazine groups is 1. The van der Waals surface area contributed by atoms with E-state index in [1.165, 1.54) is 11.1 Å². The summed E-state index contributed by atoms with van der Waals surface area (Å²) in [6.45, 7) is 13.2. The van der Waals surface area contributed by atoms with E-state index in [1.807, 2.05) is 0 Å². The molecule has 2 N–H and O–H groups in total. The molecule has 6 unspecified atom stereocenters. The van der Waals surface area contributed by atoms with Gasteiger partial charge in [-0.05, 0) is 55.8 Å². The molecule has 1 aliphatic rings. The smallest absolute Gasteiger partial charge is 0.384 e. The lowest BCUT2D eigenvalue weighted by Gasteiger charge is -2.39. The van der Waals surface area contributed by atoms with Crippen molar-refractivity contribution >= 4 is 0 Å². The van der Waals surface area contributed by atoms with Gasteiger partial charge < -0.3 is 9.47 Å². The maximum atomic E-state index is 13.3. The van der Waals surface area contributed by atoms with E-state index in [2.05, 4.69) is 32.6 Å². The third-order valence-corrected chi connectivity index (χ3v) is 7.40. The first-order valence-corrected chi connectivity index (χ1v) is 12.5. The second-order valence-corrected chi connectivity index (χ2v) is 10.0.